The Morgan fingerprint density at radius 2 is 1.86 bits per heavy atom. The van der Waals surface area contributed by atoms with Gasteiger partial charge in [-0.3, -0.25) is 4.79 Å². The number of carbonyl (C=O) groups is 2. The number of carbonyl (C=O) groups excluding carboxylic acids is 2. The molecule has 0 aromatic heterocycles. The maximum Gasteiger partial charge on any atom is 0.407 e. The second-order valence-electron chi connectivity index (χ2n) is 8.17. The van der Waals surface area contributed by atoms with Crippen LogP contribution in [-0.2, 0) is 9.53 Å². The zero-order chi connectivity index (χ0) is 17.1. The number of rotatable bonds is 3. The minimum atomic E-state index is -0.526. The van der Waals surface area contributed by atoms with Gasteiger partial charge in [-0.25, -0.2) is 4.79 Å². The lowest BCUT2D eigenvalue weighted by atomic mass is 9.91. The van der Waals surface area contributed by atoms with E-state index >= 15 is 0 Å². The lowest BCUT2D eigenvalue weighted by Crippen LogP contribution is -2.42. The Balaban J connectivity index is 2.63. The predicted octanol–water partition coefficient (Wildman–Crippen LogP) is 3.10. The van der Waals surface area contributed by atoms with Crippen LogP contribution >= 0.6 is 0 Å². The van der Waals surface area contributed by atoms with Crippen molar-refractivity contribution < 1.29 is 14.3 Å². The Hall–Kier alpha value is -1.52. The van der Waals surface area contributed by atoms with Crippen LogP contribution in [0.15, 0.2) is 12.7 Å². The van der Waals surface area contributed by atoms with E-state index in [0.29, 0.717) is 19.4 Å². The Morgan fingerprint density at radius 3 is 2.32 bits per heavy atom. The molecular weight excluding hydrogens is 280 g/mol. The van der Waals surface area contributed by atoms with Gasteiger partial charge in [-0.15, -0.1) is 6.58 Å². The van der Waals surface area contributed by atoms with E-state index in [9.17, 15) is 9.59 Å². The van der Waals surface area contributed by atoms with Crippen molar-refractivity contribution in [3.05, 3.63) is 12.7 Å². The lowest BCUT2D eigenvalue weighted by Gasteiger charge is -2.26. The van der Waals surface area contributed by atoms with Gasteiger partial charge in [-0.1, -0.05) is 26.8 Å². The van der Waals surface area contributed by atoms with E-state index in [4.69, 9.17) is 4.74 Å². The zero-order valence-corrected chi connectivity index (χ0v) is 14.7. The van der Waals surface area contributed by atoms with Crippen LogP contribution in [0.2, 0.25) is 0 Å². The molecule has 1 saturated heterocycles. The number of amides is 2. The van der Waals surface area contributed by atoms with Crippen molar-refractivity contribution in [2.45, 2.75) is 72.1 Å². The van der Waals surface area contributed by atoms with Crippen LogP contribution < -0.4 is 5.32 Å². The van der Waals surface area contributed by atoms with Gasteiger partial charge < -0.3 is 15.0 Å². The average molecular weight is 310 g/mol. The monoisotopic (exact) mass is 310 g/mol. The number of hydrogen-bond acceptors (Lipinski definition) is 3. The van der Waals surface area contributed by atoms with Crippen molar-refractivity contribution in [2.24, 2.45) is 5.41 Å². The molecule has 0 aliphatic carbocycles. The summed E-state index contributed by atoms with van der Waals surface area (Å²) in [5, 5.41) is 2.84. The molecule has 2 amide bonds. The second kappa shape index (κ2) is 6.71. The zero-order valence-electron chi connectivity index (χ0n) is 14.7. The van der Waals surface area contributed by atoms with Crippen LogP contribution in [0.25, 0.3) is 0 Å². The number of nitrogens with zero attached hydrogens (tertiary/aromatic N) is 1. The SMILES string of the molecule is C=C[C@@H]1C[C@H](NC(=O)OC(C)(C)C)CN1C(=O)CC(C)(C)C. The number of ether oxygens (including phenoxy) is 1. The fourth-order valence-corrected chi connectivity index (χ4v) is 2.51. The Bertz CT molecular complexity index is 432. The summed E-state index contributed by atoms with van der Waals surface area (Å²) in [5.74, 6) is 0.103. The molecule has 0 unspecified atom stereocenters. The first-order valence-corrected chi connectivity index (χ1v) is 7.83. The summed E-state index contributed by atoms with van der Waals surface area (Å²) in [6, 6.07) is -0.128. The van der Waals surface area contributed by atoms with Gasteiger partial charge in [0.25, 0.3) is 0 Å². The standard InChI is InChI=1S/C17H30N2O3/c1-8-13-9-12(18-15(21)22-17(5,6)7)11-19(13)14(20)10-16(2,3)4/h8,12-13H,1,9-11H2,2-7H3,(H,18,21)/t12-,13+/m0/s1. The summed E-state index contributed by atoms with van der Waals surface area (Å²) >= 11 is 0. The predicted molar refractivity (Wildman–Crippen MR) is 87.5 cm³/mol. The molecule has 1 fully saturated rings. The van der Waals surface area contributed by atoms with E-state index in [1.807, 2.05) is 41.5 Å². The minimum absolute atomic E-state index is 0.0326. The van der Waals surface area contributed by atoms with Crippen molar-refractivity contribution in [3.8, 4) is 0 Å². The summed E-state index contributed by atoms with van der Waals surface area (Å²) in [4.78, 5) is 26.1. The minimum Gasteiger partial charge on any atom is -0.444 e. The molecule has 0 radical (unpaired) electrons. The number of likely N-dealkylation sites (tertiary alicyclic amines) is 1. The average Bonchev–Trinajstić information content (AvgIpc) is 2.66. The molecule has 126 valence electrons. The van der Waals surface area contributed by atoms with Gasteiger partial charge in [0.05, 0.1) is 12.1 Å². The van der Waals surface area contributed by atoms with Gasteiger partial charge >= 0.3 is 6.09 Å². The molecule has 22 heavy (non-hydrogen) atoms. The smallest absolute Gasteiger partial charge is 0.407 e. The summed E-state index contributed by atoms with van der Waals surface area (Å²) in [7, 11) is 0. The van der Waals surface area contributed by atoms with E-state index in [2.05, 4.69) is 11.9 Å². The third kappa shape index (κ3) is 6.08. The Kier molecular flexibility index (Phi) is 5.65. The van der Waals surface area contributed by atoms with Crippen LogP contribution in [-0.4, -0.2) is 41.1 Å². The largest absolute Gasteiger partial charge is 0.444 e. The Labute approximate surface area is 134 Å². The third-order valence-electron chi connectivity index (χ3n) is 3.34. The highest BCUT2D eigenvalue weighted by Crippen LogP contribution is 2.25. The summed E-state index contributed by atoms with van der Waals surface area (Å²) in [6.45, 7) is 15.9. The molecule has 5 heteroatoms. The number of hydrogen-bond donors (Lipinski definition) is 1. The molecule has 0 spiro atoms. The lowest BCUT2D eigenvalue weighted by molar-refractivity contribution is -0.133. The molecule has 1 aliphatic rings. The molecule has 0 saturated carbocycles. The molecule has 0 bridgehead atoms. The highest BCUT2D eigenvalue weighted by Gasteiger charge is 2.36. The fraction of sp³-hybridized carbons (Fsp3) is 0.765. The van der Waals surface area contributed by atoms with Gasteiger partial charge in [0.1, 0.15) is 5.60 Å². The first-order valence-electron chi connectivity index (χ1n) is 7.83. The topological polar surface area (TPSA) is 58.6 Å². The first kappa shape index (κ1) is 18.5. The molecule has 1 aliphatic heterocycles. The molecule has 1 rings (SSSR count). The first-order chi connectivity index (χ1) is 9.91. The maximum absolute atomic E-state index is 12.4. The number of alkyl carbamates (subject to hydrolysis) is 1. The quantitative estimate of drug-likeness (QED) is 0.815. The van der Waals surface area contributed by atoms with E-state index in [1.165, 1.54) is 0 Å². The van der Waals surface area contributed by atoms with Crippen molar-refractivity contribution >= 4 is 12.0 Å². The van der Waals surface area contributed by atoms with Crippen molar-refractivity contribution in [1.82, 2.24) is 10.2 Å². The molecule has 5 nitrogen and oxygen atoms in total. The summed E-state index contributed by atoms with van der Waals surface area (Å²) < 4.78 is 5.27. The van der Waals surface area contributed by atoms with Crippen LogP contribution in [0.4, 0.5) is 4.79 Å². The van der Waals surface area contributed by atoms with Gasteiger partial charge in [0, 0.05) is 13.0 Å². The van der Waals surface area contributed by atoms with Crippen LogP contribution in [0.1, 0.15) is 54.4 Å². The molecule has 0 aromatic rings. The molecule has 1 N–H and O–H groups in total. The van der Waals surface area contributed by atoms with Gasteiger partial charge in [0.2, 0.25) is 5.91 Å². The van der Waals surface area contributed by atoms with Crippen LogP contribution in [0.5, 0.6) is 0 Å². The van der Waals surface area contributed by atoms with Crippen molar-refractivity contribution in [3.63, 3.8) is 0 Å². The van der Waals surface area contributed by atoms with Gasteiger partial charge in [-0.2, -0.15) is 0 Å². The number of nitrogens with one attached hydrogen (secondary N) is 1. The second-order valence-corrected chi connectivity index (χ2v) is 8.17. The van der Waals surface area contributed by atoms with E-state index in [-0.39, 0.29) is 23.4 Å². The molecule has 2 atom stereocenters. The van der Waals surface area contributed by atoms with Crippen molar-refractivity contribution in [2.75, 3.05) is 6.54 Å². The molecular formula is C17H30N2O3. The van der Waals surface area contributed by atoms with E-state index in [1.54, 1.807) is 11.0 Å². The summed E-state index contributed by atoms with van der Waals surface area (Å²) in [5.41, 5.74) is -0.582. The fourth-order valence-electron chi connectivity index (χ4n) is 2.51. The summed E-state index contributed by atoms with van der Waals surface area (Å²) in [6.07, 6.45) is 2.50. The van der Waals surface area contributed by atoms with Gasteiger partial charge in [-0.05, 0) is 32.6 Å². The molecule has 0 aromatic carbocycles. The highest BCUT2D eigenvalue weighted by atomic mass is 16.6. The van der Waals surface area contributed by atoms with E-state index < -0.39 is 11.7 Å². The van der Waals surface area contributed by atoms with Crippen molar-refractivity contribution in [1.29, 1.82) is 0 Å². The Morgan fingerprint density at radius 1 is 1.27 bits per heavy atom. The van der Waals surface area contributed by atoms with E-state index in [0.717, 1.165) is 0 Å². The maximum atomic E-state index is 12.4. The third-order valence-corrected chi connectivity index (χ3v) is 3.34. The normalized spacial score (nSPS) is 22.4. The highest BCUT2D eigenvalue weighted by molar-refractivity contribution is 5.78. The van der Waals surface area contributed by atoms with Crippen LogP contribution in [0.3, 0.4) is 0 Å². The molecule has 1 heterocycles. The van der Waals surface area contributed by atoms with Gasteiger partial charge in [0.15, 0.2) is 0 Å². The van der Waals surface area contributed by atoms with Crippen LogP contribution in [0, 0.1) is 5.41 Å².